The van der Waals surface area contributed by atoms with Gasteiger partial charge in [-0.2, -0.15) is 0 Å². The summed E-state index contributed by atoms with van der Waals surface area (Å²) in [6, 6.07) is 0. The van der Waals surface area contributed by atoms with Crippen molar-refractivity contribution in [1.82, 2.24) is 5.01 Å². The molecule has 1 aliphatic rings. The van der Waals surface area contributed by atoms with Crippen molar-refractivity contribution in [2.24, 2.45) is 17.7 Å². The number of rotatable bonds is 4. The molecular weight excluding hydrogens is 128 g/mol. The number of hydrogen-bond donors (Lipinski definition) is 2. The van der Waals surface area contributed by atoms with Gasteiger partial charge in [-0.3, -0.25) is 5.84 Å². The van der Waals surface area contributed by atoms with Crippen LogP contribution in [0.1, 0.15) is 12.8 Å². The Hall–Kier alpha value is -0.120. The summed E-state index contributed by atoms with van der Waals surface area (Å²) in [7, 11) is 1.84. The zero-order valence-corrected chi connectivity index (χ0v) is 6.45. The molecule has 0 aliphatic heterocycles. The molecule has 0 amide bonds. The highest BCUT2D eigenvalue weighted by atomic mass is 16.3. The SMILES string of the molecule is CN(N)CC(CO)C1CC1. The van der Waals surface area contributed by atoms with Crippen molar-refractivity contribution in [2.75, 3.05) is 20.2 Å². The van der Waals surface area contributed by atoms with Crippen LogP contribution in [0.3, 0.4) is 0 Å². The Balaban J connectivity index is 2.19. The minimum Gasteiger partial charge on any atom is -0.396 e. The van der Waals surface area contributed by atoms with Crippen LogP contribution in [0.5, 0.6) is 0 Å². The van der Waals surface area contributed by atoms with Gasteiger partial charge < -0.3 is 5.11 Å². The van der Waals surface area contributed by atoms with Gasteiger partial charge in [-0.05, 0) is 24.7 Å². The summed E-state index contributed by atoms with van der Waals surface area (Å²) in [6.07, 6.45) is 2.55. The third kappa shape index (κ3) is 2.25. The molecule has 0 bridgehead atoms. The number of hydrogen-bond acceptors (Lipinski definition) is 3. The molecule has 0 radical (unpaired) electrons. The summed E-state index contributed by atoms with van der Waals surface area (Å²) in [6.45, 7) is 1.10. The topological polar surface area (TPSA) is 49.5 Å². The number of nitrogens with zero attached hydrogens (tertiary/aromatic N) is 1. The first kappa shape index (κ1) is 7.98. The molecule has 0 aromatic heterocycles. The molecule has 3 N–H and O–H groups in total. The van der Waals surface area contributed by atoms with Crippen molar-refractivity contribution >= 4 is 0 Å². The van der Waals surface area contributed by atoms with Crippen LogP contribution in [0.25, 0.3) is 0 Å². The summed E-state index contributed by atoms with van der Waals surface area (Å²) >= 11 is 0. The van der Waals surface area contributed by atoms with Gasteiger partial charge in [0.1, 0.15) is 0 Å². The monoisotopic (exact) mass is 144 g/mol. The fraction of sp³-hybridized carbons (Fsp3) is 1.00. The van der Waals surface area contributed by atoms with Gasteiger partial charge in [0.15, 0.2) is 0 Å². The van der Waals surface area contributed by atoms with Crippen LogP contribution in [-0.4, -0.2) is 30.3 Å². The van der Waals surface area contributed by atoms with Crippen LogP contribution in [-0.2, 0) is 0 Å². The van der Waals surface area contributed by atoms with E-state index in [-0.39, 0.29) is 6.61 Å². The highest BCUT2D eigenvalue weighted by Gasteiger charge is 2.30. The molecule has 3 nitrogen and oxygen atoms in total. The third-order valence-electron chi connectivity index (χ3n) is 2.05. The highest BCUT2D eigenvalue weighted by molar-refractivity contribution is 4.81. The average molecular weight is 144 g/mol. The Morgan fingerprint density at radius 1 is 1.70 bits per heavy atom. The molecule has 1 rings (SSSR count). The fourth-order valence-corrected chi connectivity index (χ4v) is 1.29. The zero-order valence-electron chi connectivity index (χ0n) is 6.45. The van der Waals surface area contributed by atoms with Crippen LogP contribution in [0.15, 0.2) is 0 Å². The van der Waals surface area contributed by atoms with Gasteiger partial charge in [0.25, 0.3) is 0 Å². The lowest BCUT2D eigenvalue weighted by atomic mass is 10.1. The van der Waals surface area contributed by atoms with Crippen molar-refractivity contribution in [3.8, 4) is 0 Å². The van der Waals surface area contributed by atoms with E-state index in [1.54, 1.807) is 5.01 Å². The molecule has 0 aromatic rings. The van der Waals surface area contributed by atoms with Crippen molar-refractivity contribution in [3.63, 3.8) is 0 Å². The summed E-state index contributed by atoms with van der Waals surface area (Å²) in [5.41, 5.74) is 0. The maximum absolute atomic E-state index is 8.90. The number of aliphatic hydroxyl groups is 1. The van der Waals surface area contributed by atoms with E-state index in [9.17, 15) is 0 Å². The summed E-state index contributed by atoms with van der Waals surface area (Å²) in [5, 5.41) is 10.6. The minimum atomic E-state index is 0.284. The lowest BCUT2D eigenvalue weighted by molar-refractivity contribution is 0.165. The van der Waals surface area contributed by atoms with Crippen LogP contribution in [0.4, 0.5) is 0 Å². The smallest absolute Gasteiger partial charge is 0.0474 e. The van der Waals surface area contributed by atoms with Crippen LogP contribution < -0.4 is 5.84 Å². The molecule has 1 atom stereocenters. The molecule has 1 unspecified atom stereocenters. The van der Waals surface area contributed by atoms with Crippen molar-refractivity contribution in [2.45, 2.75) is 12.8 Å². The lowest BCUT2D eigenvalue weighted by Crippen LogP contribution is -2.33. The van der Waals surface area contributed by atoms with Crippen molar-refractivity contribution in [1.29, 1.82) is 0 Å². The molecule has 3 heteroatoms. The first-order chi connectivity index (χ1) is 4.74. The fourth-order valence-electron chi connectivity index (χ4n) is 1.29. The maximum atomic E-state index is 8.90. The Bertz CT molecular complexity index is 102. The Kier molecular flexibility index (Phi) is 2.65. The largest absolute Gasteiger partial charge is 0.396 e. The second kappa shape index (κ2) is 3.32. The predicted octanol–water partition coefficient (Wildman–Crippen LogP) is -0.190. The predicted molar refractivity (Wildman–Crippen MR) is 40.1 cm³/mol. The molecule has 10 heavy (non-hydrogen) atoms. The Morgan fingerprint density at radius 3 is 2.60 bits per heavy atom. The maximum Gasteiger partial charge on any atom is 0.0474 e. The first-order valence-corrected chi connectivity index (χ1v) is 3.80. The van der Waals surface area contributed by atoms with E-state index >= 15 is 0 Å². The second-order valence-corrected chi connectivity index (χ2v) is 3.22. The molecule has 60 valence electrons. The zero-order chi connectivity index (χ0) is 7.56. The minimum absolute atomic E-state index is 0.284. The van der Waals surface area contributed by atoms with E-state index in [0.717, 1.165) is 12.5 Å². The van der Waals surface area contributed by atoms with E-state index < -0.39 is 0 Å². The molecular formula is C7H16N2O. The standard InChI is InChI=1S/C7H16N2O/c1-9(8)4-7(5-10)6-2-3-6/h6-7,10H,2-5,8H2,1H3. The second-order valence-electron chi connectivity index (χ2n) is 3.22. The average Bonchev–Trinajstić information content (AvgIpc) is 2.63. The quantitative estimate of drug-likeness (QED) is 0.425. The van der Waals surface area contributed by atoms with Gasteiger partial charge >= 0.3 is 0 Å². The Morgan fingerprint density at radius 2 is 2.30 bits per heavy atom. The van der Waals surface area contributed by atoms with Gasteiger partial charge in [-0.25, -0.2) is 5.01 Å². The van der Waals surface area contributed by atoms with Crippen LogP contribution >= 0.6 is 0 Å². The highest BCUT2D eigenvalue weighted by Crippen LogP contribution is 2.36. The van der Waals surface area contributed by atoms with Gasteiger partial charge in [-0.1, -0.05) is 0 Å². The van der Waals surface area contributed by atoms with E-state index in [1.165, 1.54) is 12.8 Å². The van der Waals surface area contributed by atoms with Crippen molar-refractivity contribution in [3.05, 3.63) is 0 Å². The van der Waals surface area contributed by atoms with Gasteiger partial charge in [0.05, 0.1) is 0 Å². The Labute approximate surface area is 61.8 Å². The van der Waals surface area contributed by atoms with E-state index in [2.05, 4.69) is 0 Å². The summed E-state index contributed by atoms with van der Waals surface area (Å²) < 4.78 is 0. The molecule has 0 saturated heterocycles. The number of aliphatic hydroxyl groups excluding tert-OH is 1. The molecule has 0 spiro atoms. The van der Waals surface area contributed by atoms with Gasteiger partial charge in [0.2, 0.25) is 0 Å². The third-order valence-corrected chi connectivity index (χ3v) is 2.05. The molecule has 0 heterocycles. The number of hydrazine groups is 1. The van der Waals surface area contributed by atoms with E-state index in [4.69, 9.17) is 10.9 Å². The molecule has 1 aliphatic carbocycles. The van der Waals surface area contributed by atoms with Crippen LogP contribution in [0, 0.1) is 11.8 Å². The van der Waals surface area contributed by atoms with Gasteiger partial charge in [-0.15, -0.1) is 0 Å². The molecule has 1 saturated carbocycles. The number of nitrogens with two attached hydrogens (primary N) is 1. The molecule has 0 aromatic carbocycles. The van der Waals surface area contributed by atoms with Crippen LogP contribution in [0.2, 0.25) is 0 Å². The van der Waals surface area contributed by atoms with Crippen molar-refractivity contribution < 1.29 is 5.11 Å². The normalized spacial score (nSPS) is 21.6. The first-order valence-electron chi connectivity index (χ1n) is 3.80. The molecule has 1 fully saturated rings. The van der Waals surface area contributed by atoms with E-state index in [0.29, 0.717) is 5.92 Å². The summed E-state index contributed by atoms with van der Waals surface area (Å²) in [4.78, 5) is 0. The van der Waals surface area contributed by atoms with Gasteiger partial charge in [0, 0.05) is 20.2 Å². The lowest BCUT2D eigenvalue weighted by Gasteiger charge is -2.17. The van der Waals surface area contributed by atoms with E-state index in [1.807, 2.05) is 7.05 Å². The summed E-state index contributed by atoms with van der Waals surface area (Å²) in [5.74, 6) is 6.62.